The van der Waals surface area contributed by atoms with E-state index in [0.29, 0.717) is 6.10 Å². The van der Waals surface area contributed by atoms with Crippen LogP contribution in [0.1, 0.15) is 26.7 Å². The maximum atomic E-state index is 11.9. The highest BCUT2D eigenvalue weighted by Gasteiger charge is 2.23. The Bertz CT molecular complexity index is 310. The van der Waals surface area contributed by atoms with Crippen LogP contribution in [0.4, 0.5) is 0 Å². The van der Waals surface area contributed by atoms with Gasteiger partial charge in [-0.25, -0.2) is 0 Å². The molecule has 0 radical (unpaired) electrons. The number of hydrogen-bond donors (Lipinski definition) is 0. The van der Waals surface area contributed by atoms with E-state index in [1.54, 1.807) is 6.08 Å². The van der Waals surface area contributed by atoms with Crippen LogP contribution >= 0.6 is 0 Å². The normalized spacial score (nSPS) is 25.2. The predicted molar refractivity (Wildman–Crippen MR) is 71.4 cm³/mol. The number of ether oxygens (including phenoxy) is 1. The Balaban J connectivity index is 1.73. The molecule has 0 aliphatic carbocycles. The van der Waals surface area contributed by atoms with Crippen molar-refractivity contribution in [3.8, 4) is 0 Å². The fourth-order valence-electron chi connectivity index (χ4n) is 2.57. The maximum Gasteiger partial charge on any atom is 0.246 e. The molecule has 1 amide bonds. The molecule has 4 heteroatoms. The number of carbonyl (C=O) groups is 1. The molecule has 2 aliphatic rings. The van der Waals surface area contributed by atoms with Gasteiger partial charge in [0.25, 0.3) is 0 Å². The predicted octanol–water partition coefficient (Wildman–Crippen LogP) is 1.28. The minimum atomic E-state index is 0.159. The standard InChI is InChI=1S/C14H24N2O2/c1-12(2)10-14(17)16-7-5-15(6-8-16)11-13-4-3-9-18-13/h10,13H,3-9,11H2,1-2H3/t13-/m1/s1. The van der Waals surface area contributed by atoms with Crippen molar-refractivity contribution in [2.45, 2.75) is 32.8 Å². The van der Waals surface area contributed by atoms with Crippen LogP contribution in [0.25, 0.3) is 0 Å². The lowest BCUT2D eigenvalue weighted by Gasteiger charge is -2.35. The molecule has 0 aromatic carbocycles. The smallest absolute Gasteiger partial charge is 0.246 e. The lowest BCUT2D eigenvalue weighted by Crippen LogP contribution is -2.50. The summed E-state index contributed by atoms with van der Waals surface area (Å²) < 4.78 is 5.65. The molecule has 0 aromatic rings. The Morgan fingerprint density at radius 3 is 2.56 bits per heavy atom. The average molecular weight is 252 g/mol. The summed E-state index contributed by atoms with van der Waals surface area (Å²) in [7, 11) is 0. The van der Waals surface area contributed by atoms with E-state index in [-0.39, 0.29) is 5.91 Å². The zero-order valence-electron chi connectivity index (χ0n) is 11.5. The number of nitrogens with zero attached hydrogens (tertiary/aromatic N) is 2. The Hall–Kier alpha value is -0.870. The summed E-state index contributed by atoms with van der Waals surface area (Å²) >= 11 is 0. The van der Waals surface area contributed by atoms with Gasteiger partial charge in [0.1, 0.15) is 0 Å². The minimum Gasteiger partial charge on any atom is -0.377 e. The molecule has 0 N–H and O–H groups in total. The van der Waals surface area contributed by atoms with Crippen molar-refractivity contribution < 1.29 is 9.53 Å². The highest BCUT2D eigenvalue weighted by molar-refractivity contribution is 5.88. The van der Waals surface area contributed by atoms with Gasteiger partial charge in [0.2, 0.25) is 5.91 Å². The molecule has 18 heavy (non-hydrogen) atoms. The van der Waals surface area contributed by atoms with Crippen molar-refractivity contribution in [3.05, 3.63) is 11.6 Å². The van der Waals surface area contributed by atoms with E-state index in [9.17, 15) is 4.79 Å². The molecular weight excluding hydrogens is 228 g/mol. The number of hydrogen-bond acceptors (Lipinski definition) is 3. The lowest BCUT2D eigenvalue weighted by atomic mass is 10.2. The highest BCUT2D eigenvalue weighted by atomic mass is 16.5. The SMILES string of the molecule is CC(C)=CC(=O)N1CCN(C[C@H]2CCCO2)CC1. The third-order valence-electron chi connectivity index (χ3n) is 3.58. The number of amides is 1. The molecule has 2 saturated heterocycles. The monoisotopic (exact) mass is 252 g/mol. The molecule has 2 heterocycles. The van der Waals surface area contributed by atoms with Crippen molar-refractivity contribution in [2.24, 2.45) is 0 Å². The summed E-state index contributed by atoms with van der Waals surface area (Å²) in [6, 6.07) is 0. The van der Waals surface area contributed by atoms with Crippen molar-refractivity contribution >= 4 is 5.91 Å². The van der Waals surface area contributed by atoms with Crippen LogP contribution in [0.15, 0.2) is 11.6 Å². The molecule has 0 saturated carbocycles. The second kappa shape index (κ2) is 6.34. The summed E-state index contributed by atoms with van der Waals surface area (Å²) in [5.74, 6) is 0.159. The fourth-order valence-corrected chi connectivity index (χ4v) is 2.57. The largest absolute Gasteiger partial charge is 0.377 e. The van der Waals surface area contributed by atoms with Gasteiger partial charge in [-0.2, -0.15) is 0 Å². The van der Waals surface area contributed by atoms with E-state index in [1.165, 1.54) is 12.8 Å². The molecule has 102 valence electrons. The van der Waals surface area contributed by atoms with E-state index in [0.717, 1.165) is 44.9 Å². The number of carbonyl (C=O) groups excluding carboxylic acids is 1. The van der Waals surface area contributed by atoms with Gasteiger partial charge in [-0.05, 0) is 26.7 Å². The number of rotatable bonds is 3. The quantitative estimate of drug-likeness (QED) is 0.709. The summed E-state index contributed by atoms with van der Waals surface area (Å²) in [4.78, 5) is 16.2. The maximum absolute atomic E-state index is 11.9. The molecule has 0 unspecified atom stereocenters. The van der Waals surface area contributed by atoms with E-state index < -0.39 is 0 Å². The van der Waals surface area contributed by atoms with Gasteiger partial charge in [0, 0.05) is 45.4 Å². The highest BCUT2D eigenvalue weighted by Crippen LogP contribution is 2.14. The topological polar surface area (TPSA) is 32.8 Å². The molecular formula is C14H24N2O2. The first-order chi connectivity index (χ1) is 8.65. The lowest BCUT2D eigenvalue weighted by molar-refractivity contribution is -0.127. The Morgan fingerprint density at radius 2 is 2.00 bits per heavy atom. The Morgan fingerprint density at radius 1 is 1.28 bits per heavy atom. The second-order valence-corrected chi connectivity index (χ2v) is 5.48. The van der Waals surface area contributed by atoms with E-state index in [4.69, 9.17) is 4.74 Å². The van der Waals surface area contributed by atoms with Gasteiger partial charge < -0.3 is 9.64 Å². The molecule has 2 fully saturated rings. The zero-order valence-corrected chi connectivity index (χ0v) is 11.5. The van der Waals surface area contributed by atoms with E-state index >= 15 is 0 Å². The van der Waals surface area contributed by atoms with Crippen LogP contribution in [0, 0.1) is 0 Å². The third kappa shape index (κ3) is 3.82. The van der Waals surface area contributed by atoms with Crippen LogP contribution in [0.2, 0.25) is 0 Å². The molecule has 2 rings (SSSR count). The van der Waals surface area contributed by atoms with Crippen LogP contribution < -0.4 is 0 Å². The summed E-state index contributed by atoms with van der Waals surface area (Å²) in [6.07, 6.45) is 4.54. The van der Waals surface area contributed by atoms with Crippen molar-refractivity contribution in [2.75, 3.05) is 39.3 Å². The molecule has 0 aromatic heterocycles. The Kier molecular flexibility index (Phi) is 4.78. The third-order valence-corrected chi connectivity index (χ3v) is 3.58. The van der Waals surface area contributed by atoms with Crippen LogP contribution in [0.3, 0.4) is 0 Å². The first-order valence-electron chi connectivity index (χ1n) is 6.93. The number of piperazine rings is 1. The summed E-state index contributed by atoms with van der Waals surface area (Å²) in [5, 5.41) is 0. The van der Waals surface area contributed by atoms with Gasteiger partial charge in [-0.1, -0.05) is 5.57 Å². The van der Waals surface area contributed by atoms with Crippen molar-refractivity contribution in [1.29, 1.82) is 0 Å². The van der Waals surface area contributed by atoms with Crippen LogP contribution in [-0.4, -0.2) is 61.1 Å². The first kappa shape index (κ1) is 13.6. The van der Waals surface area contributed by atoms with Gasteiger partial charge in [-0.3, -0.25) is 9.69 Å². The van der Waals surface area contributed by atoms with Gasteiger partial charge in [0.15, 0.2) is 0 Å². The second-order valence-electron chi connectivity index (χ2n) is 5.48. The molecule has 2 aliphatic heterocycles. The van der Waals surface area contributed by atoms with Crippen LogP contribution in [0.5, 0.6) is 0 Å². The fraction of sp³-hybridized carbons (Fsp3) is 0.786. The van der Waals surface area contributed by atoms with Crippen molar-refractivity contribution in [1.82, 2.24) is 9.80 Å². The van der Waals surface area contributed by atoms with Crippen molar-refractivity contribution in [3.63, 3.8) is 0 Å². The van der Waals surface area contributed by atoms with Gasteiger partial charge in [-0.15, -0.1) is 0 Å². The number of allylic oxidation sites excluding steroid dienone is 1. The van der Waals surface area contributed by atoms with Gasteiger partial charge in [0.05, 0.1) is 6.10 Å². The molecule has 4 nitrogen and oxygen atoms in total. The van der Waals surface area contributed by atoms with Gasteiger partial charge >= 0.3 is 0 Å². The van der Waals surface area contributed by atoms with E-state index in [2.05, 4.69) is 4.90 Å². The van der Waals surface area contributed by atoms with E-state index in [1.807, 2.05) is 18.7 Å². The minimum absolute atomic E-state index is 0.159. The van der Waals surface area contributed by atoms with Crippen LogP contribution in [-0.2, 0) is 9.53 Å². The average Bonchev–Trinajstić information content (AvgIpc) is 2.82. The first-order valence-corrected chi connectivity index (χ1v) is 6.93. The summed E-state index contributed by atoms with van der Waals surface area (Å²) in [5.41, 5.74) is 1.07. The summed E-state index contributed by atoms with van der Waals surface area (Å²) in [6.45, 7) is 9.51. The zero-order chi connectivity index (χ0) is 13.0. The molecule has 0 spiro atoms. The molecule has 0 bridgehead atoms. The molecule has 1 atom stereocenters. The Labute approximate surface area is 110 Å².